The number of rotatable bonds is 6. The van der Waals surface area contributed by atoms with E-state index < -0.39 is 18.0 Å². The van der Waals surface area contributed by atoms with Gasteiger partial charge in [-0.15, -0.1) is 0 Å². The molecule has 0 aliphatic rings. The Hall–Kier alpha value is -2.77. The van der Waals surface area contributed by atoms with Crippen LogP contribution in [0.4, 0.5) is 4.79 Å². The van der Waals surface area contributed by atoms with Crippen LogP contribution in [0.3, 0.4) is 0 Å². The van der Waals surface area contributed by atoms with E-state index in [2.05, 4.69) is 19.7 Å². The molecule has 1 rings (SSSR count). The number of carbonyl (C=O) groups is 3. The molecule has 0 fully saturated rings. The van der Waals surface area contributed by atoms with Crippen LogP contribution in [0, 0.1) is 0 Å². The minimum atomic E-state index is -0.875. The van der Waals surface area contributed by atoms with Gasteiger partial charge in [0.25, 0.3) is 5.91 Å². The lowest BCUT2D eigenvalue weighted by Gasteiger charge is -2.01. The van der Waals surface area contributed by atoms with Gasteiger partial charge in [-0.05, 0) is 17.7 Å². The SMILES string of the molecule is CC(=O)OCCOC(=O)/N=N/Cc1ccc(C([NH])=O)cc1. The fourth-order valence-electron chi connectivity index (χ4n) is 1.28. The standard InChI is InChI=1S/C13H14N3O5/c1-9(17)20-6-7-21-13(19)16-15-8-10-2-4-11(5-3-10)12(14)18/h2-5,14H,6-8H2,1H3/b16-15+. The summed E-state index contributed by atoms with van der Waals surface area (Å²) in [5.41, 5.74) is 7.93. The Kier molecular flexibility index (Phi) is 6.52. The van der Waals surface area contributed by atoms with Gasteiger partial charge in [0.15, 0.2) is 0 Å². The number of nitrogens with one attached hydrogen (secondary N) is 1. The molecule has 1 radical (unpaired) electrons. The van der Waals surface area contributed by atoms with E-state index in [0.717, 1.165) is 5.56 Å². The number of benzene rings is 1. The number of azo groups is 1. The monoisotopic (exact) mass is 292 g/mol. The summed E-state index contributed by atoms with van der Waals surface area (Å²) in [6.07, 6.45) is -0.875. The van der Waals surface area contributed by atoms with E-state index in [1.807, 2.05) is 0 Å². The Morgan fingerprint density at radius 3 is 2.29 bits per heavy atom. The summed E-state index contributed by atoms with van der Waals surface area (Å²) in [6, 6.07) is 6.23. The third-order valence-electron chi connectivity index (χ3n) is 2.24. The summed E-state index contributed by atoms with van der Waals surface area (Å²) in [5.74, 6) is -1.22. The van der Waals surface area contributed by atoms with Crippen molar-refractivity contribution < 1.29 is 23.9 Å². The number of amides is 2. The predicted octanol–water partition coefficient (Wildman–Crippen LogP) is 1.76. The zero-order valence-electron chi connectivity index (χ0n) is 11.4. The van der Waals surface area contributed by atoms with Gasteiger partial charge in [0.05, 0.1) is 6.54 Å². The lowest BCUT2D eigenvalue weighted by Crippen LogP contribution is -2.09. The van der Waals surface area contributed by atoms with Crippen LogP contribution in [-0.2, 0) is 20.8 Å². The molecule has 111 valence electrons. The molecule has 0 saturated heterocycles. The molecule has 0 unspecified atom stereocenters. The minimum absolute atomic E-state index is 0.0286. The van der Waals surface area contributed by atoms with Crippen LogP contribution in [-0.4, -0.2) is 31.2 Å². The fourth-order valence-corrected chi connectivity index (χ4v) is 1.28. The molecule has 21 heavy (non-hydrogen) atoms. The van der Waals surface area contributed by atoms with Crippen LogP contribution < -0.4 is 5.73 Å². The second-order valence-electron chi connectivity index (χ2n) is 3.88. The maximum absolute atomic E-state index is 11.1. The number of hydrogen-bond acceptors (Lipinski definition) is 6. The van der Waals surface area contributed by atoms with Gasteiger partial charge in [-0.2, -0.15) is 5.11 Å². The zero-order chi connectivity index (χ0) is 15.7. The van der Waals surface area contributed by atoms with Crippen molar-refractivity contribution in [1.29, 1.82) is 0 Å². The molecule has 0 heterocycles. The maximum atomic E-state index is 11.1. The van der Waals surface area contributed by atoms with Crippen molar-refractivity contribution in [2.24, 2.45) is 10.2 Å². The smallest absolute Gasteiger partial charge is 0.452 e. The first kappa shape index (κ1) is 16.3. The first-order valence-electron chi connectivity index (χ1n) is 6.01. The van der Waals surface area contributed by atoms with Crippen molar-refractivity contribution in [3.63, 3.8) is 0 Å². The highest BCUT2D eigenvalue weighted by molar-refractivity contribution is 5.92. The lowest BCUT2D eigenvalue weighted by atomic mass is 10.1. The Balaban J connectivity index is 2.31. The number of esters is 1. The molecule has 0 spiro atoms. The molecule has 8 heteroatoms. The van der Waals surface area contributed by atoms with Crippen LogP contribution in [0.25, 0.3) is 0 Å². The summed E-state index contributed by atoms with van der Waals surface area (Å²) in [7, 11) is 0. The summed E-state index contributed by atoms with van der Waals surface area (Å²) in [6.45, 7) is 1.28. The molecule has 0 aliphatic heterocycles. The normalized spacial score (nSPS) is 10.3. The number of hydrogen-bond donors (Lipinski definition) is 0. The van der Waals surface area contributed by atoms with Crippen LogP contribution >= 0.6 is 0 Å². The van der Waals surface area contributed by atoms with Crippen LogP contribution in [0.2, 0.25) is 0 Å². The quantitative estimate of drug-likeness (QED) is 0.449. The molecule has 0 aromatic heterocycles. The zero-order valence-corrected chi connectivity index (χ0v) is 11.4. The molecule has 0 saturated carbocycles. The van der Waals surface area contributed by atoms with E-state index in [0.29, 0.717) is 0 Å². The molecular formula is C13H14N3O5. The van der Waals surface area contributed by atoms with Crippen molar-refractivity contribution in [2.75, 3.05) is 13.2 Å². The number of carbonyl (C=O) groups excluding carboxylic acids is 3. The van der Waals surface area contributed by atoms with Crippen LogP contribution in [0.5, 0.6) is 0 Å². The summed E-state index contributed by atoms with van der Waals surface area (Å²) < 4.78 is 9.20. The van der Waals surface area contributed by atoms with Crippen LogP contribution in [0.1, 0.15) is 22.8 Å². The molecule has 0 aliphatic carbocycles. The molecule has 0 atom stereocenters. The van der Waals surface area contributed by atoms with E-state index in [9.17, 15) is 14.4 Å². The highest BCUT2D eigenvalue weighted by Gasteiger charge is 2.02. The largest absolute Gasteiger partial charge is 0.462 e. The predicted molar refractivity (Wildman–Crippen MR) is 70.4 cm³/mol. The highest BCUT2D eigenvalue weighted by atomic mass is 16.6. The Morgan fingerprint density at radius 2 is 1.71 bits per heavy atom. The number of ether oxygens (including phenoxy) is 2. The Bertz CT molecular complexity index is 539. The fraction of sp³-hybridized carbons (Fsp3) is 0.308. The molecule has 2 amide bonds. The number of nitrogens with zero attached hydrogens (tertiary/aromatic N) is 2. The minimum Gasteiger partial charge on any atom is -0.462 e. The second-order valence-corrected chi connectivity index (χ2v) is 3.88. The highest BCUT2D eigenvalue weighted by Crippen LogP contribution is 2.05. The summed E-state index contributed by atoms with van der Waals surface area (Å²) in [5, 5.41) is 6.95. The topological polar surface area (TPSA) is 118 Å². The van der Waals surface area contributed by atoms with Gasteiger partial charge in [-0.25, -0.2) is 4.79 Å². The Labute approximate surface area is 120 Å². The van der Waals surface area contributed by atoms with E-state index in [1.54, 1.807) is 12.1 Å². The first-order chi connectivity index (χ1) is 9.99. The molecular weight excluding hydrogens is 278 g/mol. The first-order valence-corrected chi connectivity index (χ1v) is 6.01. The summed E-state index contributed by atoms with van der Waals surface area (Å²) >= 11 is 0. The lowest BCUT2D eigenvalue weighted by molar-refractivity contribution is -0.141. The van der Waals surface area contributed by atoms with E-state index in [1.165, 1.54) is 19.1 Å². The average molecular weight is 292 g/mol. The van der Waals surface area contributed by atoms with Crippen molar-refractivity contribution in [3.05, 3.63) is 35.4 Å². The van der Waals surface area contributed by atoms with Gasteiger partial charge in [0.1, 0.15) is 13.2 Å². The second kappa shape index (κ2) is 8.41. The molecule has 1 N–H and O–H groups in total. The van der Waals surface area contributed by atoms with Crippen molar-refractivity contribution in [3.8, 4) is 0 Å². The molecule has 0 bridgehead atoms. The van der Waals surface area contributed by atoms with Gasteiger partial charge in [0.2, 0.25) is 0 Å². The summed E-state index contributed by atoms with van der Waals surface area (Å²) in [4.78, 5) is 32.3. The average Bonchev–Trinajstić information content (AvgIpc) is 2.44. The third kappa shape index (κ3) is 6.81. The molecule has 1 aromatic rings. The Morgan fingerprint density at radius 1 is 1.10 bits per heavy atom. The van der Waals surface area contributed by atoms with Crippen molar-refractivity contribution in [2.45, 2.75) is 13.5 Å². The van der Waals surface area contributed by atoms with Gasteiger partial charge in [-0.1, -0.05) is 17.2 Å². The van der Waals surface area contributed by atoms with Gasteiger partial charge >= 0.3 is 12.1 Å². The van der Waals surface area contributed by atoms with Gasteiger partial charge in [0, 0.05) is 12.5 Å². The molecule has 1 aromatic carbocycles. The van der Waals surface area contributed by atoms with Crippen LogP contribution in [0.15, 0.2) is 34.5 Å². The van der Waals surface area contributed by atoms with Crippen molar-refractivity contribution in [1.82, 2.24) is 5.73 Å². The van der Waals surface area contributed by atoms with Gasteiger partial charge in [-0.3, -0.25) is 15.3 Å². The third-order valence-corrected chi connectivity index (χ3v) is 2.24. The molecule has 8 nitrogen and oxygen atoms in total. The maximum Gasteiger partial charge on any atom is 0.452 e. The van der Waals surface area contributed by atoms with E-state index in [4.69, 9.17) is 5.73 Å². The van der Waals surface area contributed by atoms with Crippen molar-refractivity contribution >= 4 is 18.0 Å². The van der Waals surface area contributed by atoms with E-state index >= 15 is 0 Å². The van der Waals surface area contributed by atoms with E-state index in [-0.39, 0.29) is 25.3 Å². The van der Waals surface area contributed by atoms with Gasteiger partial charge < -0.3 is 9.47 Å².